The number of unbranched alkanes of at least 4 members (excludes halogenated alkanes) is 1. The molecule has 0 saturated heterocycles. The highest BCUT2D eigenvalue weighted by molar-refractivity contribution is 5.91. The predicted octanol–water partition coefficient (Wildman–Crippen LogP) is 7.96. The molecule has 0 radical (unpaired) electrons. The van der Waals surface area contributed by atoms with Gasteiger partial charge in [0, 0.05) is 0 Å². The SMILES string of the molecule is CCCCc1ccc(C(=O)Oc2ccc(C3CCC(CC(C)CC)CC3)cc2)cc1. The minimum Gasteiger partial charge on any atom is -0.423 e. The van der Waals surface area contributed by atoms with Gasteiger partial charge >= 0.3 is 5.97 Å². The molecule has 3 rings (SSSR count). The second-order valence-electron chi connectivity index (χ2n) is 9.23. The maximum Gasteiger partial charge on any atom is 0.343 e. The molecule has 2 nitrogen and oxygen atoms in total. The molecule has 0 aromatic heterocycles. The third-order valence-corrected chi connectivity index (χ3v) is 6.85. The van der Waals surface area contributed by atoms with Crippen molar-refractivity contribution in [1.82, 2.24) is 0 Å². The fourth-order valence-corrected chi connectivity index (χ4v) is 4.63. The van der Waals surface area contributed by atoms with Crippen molar-refractivity contribution in [2.75, 3.05) is 0 Å². The molecule has 162 valence electrons. The average Bonchev–Trinajstić information content (AvgIpc) is 2.79. The van der Waals surface area contributed by atoms with E-state index < -0.39 is 0 Å². The van der Waals surface area contributed by atoms with Crippen LogP contribution in [-0.4, -0.2) is 5.97 Å². The number of benzene rings is 2. The van der Waals surface area contributed by atoms with Crippen LogP contribution >= 0.6 is 0 Å². The van der Waals surface area contributed by atoms with Crippen molar-refractivity contribution < 1.29 is 9.53 Å². The summed E-state index contributed by atoms with van der Waals surface area (Å²) in [7, 11) is 0. The van der Waals surface area contributed by atoms with E-state index in [1.165, 1.54) is 62.5 Å². The maximum atomic E-state index is 12.5. The Morgan fingerprint density at radius 3 is 2.23 bits per heavy atom. The summed E-state index contributed by atoms with van der Waals surface area (Å²) in [5, 5.41) is 0. The van der Waals surface area contributed by atoms with Crippen LogP contribution in [0.25, 0.3) is 0 Å². The van der Waals surface area contributed by atoms with Crippen molar-refractivity contribution in [3.05, 3.63) is 65.2 Å². The molecular weight excluding hydrogens is 368 g/mol. The van der Waals surface area contributed by atoms with E-state index in [0.29, 0.717) is 17.2 Å². The lowest BCUT2D eigenvalue weighted by Crippen LogP contribution is -2.15. The number of rotatable bonds is 9. The van der Waals surface area contributed by atoms with Gasteiger partial charge in [0.1, 0.15) is 5.75 Å². The summed E-state index contributed by atoms with van der Waals surface area (Å²) in [4.78, 5) is 12.5. The minimum absolute atomic E-state index is 0.282. The molecule has 1 aliphatic carbocycles. The van der Waals surface area contributed by atoms with Gasteiger partial charge in [-0.3, -0.25) is 0 Å². The van der Waals surface area contributed by atoms with Gasteiger partial charge in [-0.1, -0.05) is 57.9 Å². The van der Waals surface area contributed by atoms with Crippen LogP contribution in [0.15, 0.2) is 48.5 Å². The molecule has 2 aromatic rings. The van der Waals surface area contributed by atoms with Crippen LogP contribution in [-0.2, 0) is 6.42 Å². The molecule has 0 heterocycles. The van der Waals surface area contributed by atoms with Crippen LogP contribution in [0.2, 0.25) is 0 Å². The molecule has 0 amide bonds. The quantitative estimate of drug-likeness (QED) is 0.312. The first-order valence-corrected chi connectivity index (χ1v) is 12.0. The van der Waals surface area contributed by atoms with Crippen molar-refractivity contribution in [3.63, 3.8) is 0 Å². The van der Waals surface area contributed by atoms with Crippen molar-refractivity contribution in [2.45, 2.75) is 84.5 Å². The summed E-state index contributed by atoms with van der Waals surface area (Å²) < 4.78 is 5.60. The summed E-state index contributed by atoms with van der Waals surface area (Å²) in [5.74, 6) is 2.76. The van der Waals surface area contributed by atoms with Crippen molar-refractivity contribution in [3.8, 4) is 5.75 Å². The first-order valence-electron chi connectivity index (χ1n) is 12.0. The summed E-state index contributed by atoms with van der Waals surface area (Å²) in [6.07, 6.45) is 11.4. The molecule has 1 aliphatic rings. The number of carbonyl (C=O) groups is 1. The standard InChI is InChI=1S/C28H38O2/c1-4-6-7-22-8-14-26(15-9-22)28(29)30-27-18-16-25(17-19-27)24-12-10-23(11-13-24)20-21(3)5-2/h8-9,14-19,21,23-24H,4-7,10-13,20H2,1-3H3. The zero-order chi connectivity index (χ0) is 21.3. The molecule has 1 saturated carbocycles. The van der Waals surface area contributed by atoms with Gasteiger partial charge in [0.2, 0.25) is 0 Å². The molecule has 2 aromatic carbocycles. The summed E-state index contributed by atoms with van der Waals surface area (Å²) >= 11 is 0. The zero-order valence-corrected chi connectivity index (χ0v) is 19.0. The lowest BCUT2D eigenvalue weighted by Gasteiger charge is -2.30. The third kappa shape index (κ3) is 6.45. The fourth-order valence-electron chi connectivity index (χ4n) is 4.63. The van der Waals surface area contributed by atoms with E-state index in [9.17, 15) is 4.79 Å². The van der Waals surface area contributed by atoms with Gasteiger partial charge in [-0.2, -0.15) is 0 Å². The van der Waals surface area contributed by atoms with Gasteiger partial charge in [0.05, 0.1) is 5.56 Å². The van der Waals surface area contributed by atoms with Crippen molar-refractivity contribution >= 4 is 5.97 Å². The van der Waals surface area contributed by atoms with Crippen LogP contribution in [0.1, 0.15) is 99.5 Å². The highest BCUT2D eigenvalue weighted by Gasteiger charge is 2.23. The third-order valence-electron chi connectivity index (χ3n) is 6.85. The first-order chi connectivity index (χ1) is 14.6. The number of hydrogen-bond acceptors (Lipinski definition) is 2. The second kappa shape index (κ2) is 11.3. The van der Waals surface area contributed by atoms with E-state index in [4.69, 9.17) is 4.74 Å². The Balaban J connectivity index is 1.50. The number of aryl methyl sites for hydroxylation is 1. The molecule has 0 spiro atoms. The average molecular weight is 407 g/mol. The van der Waals surface area contributed by atoms with Crippen LogP contribution < -0.4 is 4.74 Å². The van der Waals surface area contributed by atoms with Crippen LogP contribution in [0.4, 0.5) is 0 Å². The molecule has 0 aliphatic heterocycles. The number of ether oxygens (including phenoxy) is 1. The fraction of sp³-hybridized carbons (Fsp3) is 0.536. The summed E-state index contributed by atoms with van der Waals surface area (Å²) in [6.45, 7) is 6.87. The smallest absolute Gasteiger partial charge is 0.343 e. The van der Waals surface area contributed by atoms with Gasteiger partial charge in [0.25, 0.3) is 0 Å². The van der Waals surface area contributed by atoms with Crippen molar-refractivity contribution in [1.29, 1.82) is 0 Å². The van der Waals surface area contributed by atoms with E-state index in [0.717, 1.165) is 18.3 Å². The van der Waals surface area contributed by atoms with Gasteiger partial charge in [-0.15, -0.1) is 0 Å². The highest BCUT2D eigenvalue weighted by Crippen LogP contribution is 2.38. The number of carbonyl (C=O) groups excluding carboxylic acids is 1. The Morgan fingerprint density at radius 2 is 1.63 bits per heavy atom. The van der Waals surface area contributed by atoms with E-state index >= 15 is 0 Å². The van der Waals surface area contributed by atoms with E-state index in [-0.39, 0.29) is 5.97 Å². The van der Waals surface area contributed by atoms with E-state index in [2.05, 4.69) is 32.9 Å². The topological polar surface area (TPSA) is 26.3 Å². The highest BCUT2D eigenvalue weighted by atomic mass is 16.5. The molecule has 1 unspecified atom stereocenters. The summed E-state index contributed by atoms with van der Waals surface area (Å²) in [6, 6.07) is 16.0. The monoisotopic (exact) mass is 406 g/mol. The Bertz CT molecular complexity index is 767. The zero-order valence-electron chi connectivity index (χ0n) is 19.0. The van der Waals surface area contributed by atoms with Crippen LogP contribution in [0.5, 0.6) is 5.75 Å². The Labute approximate surface area is 183 Å². The molecule has 1 fully saturated rings. The van der Waals surface area contributed by atoms with Crippen LogP contribution in [0, 0.1) is 11.8 Å². The lowest BCUT2D eigenvalue weighted by molar-refractivity contribution is 0.0734. The molecule has 2 heteroatoms. The van der Waals surface area contributed by atoms with E-state index in [1.807, 2.05) is 36.4 Å². The molecule has 0 bridgehead atoms. The van der Waals surface area contributed by atoms with Gasteiger partial charge in [-0.25, -0.2) is 4.79 Å². The van der Waals surface area contributed by atoms with Crippen LogP contribution in [0.3, 0.4) is 0 Å². The largest absolute Gasteiger partial charge is 0.423 e. The molecule has 30 heavy (non-hydrogen) atoms. The number of hydrogen-bond donors (Lipinski definition) is 0. The number of esters is 1. The van der Waals surface area contributed by atoms with E-state index in [1.54, 1.807) is 0 Å². The van der Waals surface area contributed by atoms with Gasteiger partial charge in [0.15, 0.2) is 0 Å². The normalized spacial score (nSPS) is 20.0. The Morgan fingerprint density at radius 1 is 0.967 bits per heavy atom. The summed E-state index contributed by atoms with van der Waals surface area (Å²) in [5.41, 5.74) is 3.27. The second-order valence-corrected chi connectivity index (χ2v) is 9.23. The molecular formula is C28H38O2. The molecule has 1 atom stereocenters. The Hall–Kier alpha value is -2.09. The first kappa shape index (κ1) is 22.6. The lowest BCUT2D eigenvalue weighted by atomic mass is 9.75. The van der Waals surface area contributed by atoms with Gasteiger partial charge < -0.3 is 4.74 Å². The maximum absolute atomic E-state index is 12.5. The molecule has 0 N–H and O–H groups in total. The van der Waals surface area contributed by atoms with Crippen molar-refractivity contribution in [2.24, 2.45) is 11.8 Å². The Kier molecular flexibility index (Phi) is 8.54. The predicted molar refractivity (Wildman–Crippen MR) is 125 cm³/mol. The van der Waals surface area contributed by atoms with Gasteiger partial charge in [-0.05, 0) is 98.1 Å². The minimum atomic E-state index is -0.282.